The highest BCUT2D eigenvalue weighted by Gasteiger charge is 2.04. The first-order chi connectivity index (χ1) is 6.70. The first-order valence-electron chi connectivity index (χ1n) is 5.61. The molecule has 1 unspecified atom stereocenters. The zero-order valence-electron chi connectivity index (χ0n) is 10.2. The zero-order chi connectivity index (χ0) is 10.8. The first-order valence-corrected chi connectivity index (χ1v) is 5.61. The van der Waals surface area contributed by atoms with Crippen LogP contribution in [0.25, 0.3) is 0 Å². The van der Waals surface area contributed by atoms with Crippen molar-refractivity contribution in [1.82, 2.24) is 10.2 Å². The standard InChI is InChI=1S/C11H26N2O/c1-5-14-8-6-7-13(4)10-11(2)9-12-3/h11-12H,5-10H2,1-4H3. The van der Waals surface area contributed by atoms with Crippen LogP contribution in [-0.2, 0) is 4.74 Å². The van der Waals surface area contributed by atoms with Crippen LogP contribution in [0.5, 0.6) is 0 Å². The van der Waals surface area contributed by atoms with Gasteiger partial charge in [0, 0.05) is 26.3 Å². The van der Waals surface area contributed by atoms with Crippen molar-refractivity contribution in [3.05, 3.63) is 0 Å². The monoisotopic (exact) mass is 202 g/mol. The molecule has 0 aromatic rings. The number of nitrogens with zero attached hydrogens (tertiary/aromatic N) is 1. The molecule has 0 bridgehead atoms. The van der Waals surface area contributed by atoms with Gasteiger partial charge < -0.3 is 15.0 Å². The second kappa shape index (κ2) is 9.44. The molecule has 3 heteroatoms. The predicted molar refractivity (Wildman–Crippen MR) is 61.7 cm³/mol. The van der Waals surface area contributed by atoms with Gasteiger partial charge in [0.25, 0.3) is 0 Å². The van der Waals surface area contributed by atoms with Gasteiger partial charge in [-0.3, -0.25) is 0 Å². The first kappa shape index (κ1) is 13.9. The maximum atomic E-state index is 5.30. The van der Waals surface area contributed by atoms with Gasteiger partial charge >= 0.3 is 0 Å². The van der Waals surface area contributed by atoms with E-state index in [-0.39, 0.29) is 0 Å². The van der Waals surface area contributed by atoms with Crippen LogP contribution in [0.2, 0.25) is 0 Å². The molecule has 86 valence electrons. The van der Waals surface area contributed by atoms with E-state index in [0.717, 1.165) is 45.2 Å². The van der Waals surface area contributed by atoms with Gasteiger partial charge in [0.2, 0.25) is 0 Å². The lowest BCUT2D eigenvalue weighted by molar-refractivity contribution is 0.133. The maximum Gasteiger partial charge on any atom is 0.0478 e. The molecule has 0 rings (SSSR count). The van der Waals surface area contributed by atoms with Crippen LogP contribution >= 0.6 is 0 Å². The SMILES string of the molecule is CCOCCCN(C)CC(C)CNC. The molecule has 0 aromatic carbocycles. The molecule has 3 nitrogen and oxygen atoms in total. The van der Waals surface area contributed by atoms with E-state index >= 15 is 0 Å². The number of nitrogens with one attached hydrogen (secondary N) is 1. The van der Waals surface area contributed by atoms with Crippen molar-refractivity contribution in [2.75, 3.05) is 46.9 Å². The molecule has 0 heterocycles. The van der Waals surface area contributed by atoms with Gasteiger partial charge in [0.15, 0.2) is 0 Å². The molecule has 0 aliphatic rings. The number of hydrogen-bond donors (Lipinski definition) is 1. The van der Waals surface area contributed by atoms with E-state index in [1.807, 2.05) is 14.0 Å². The molecular formula is C11H26N2O. The molecule has 0 radical (unpaired) electrons. The number of rotatable bonds is 9. The summed E-state index contributed by atoms with van der Waals surface area (Å²) >= 11 is 0. The molecule has 1 N–H and O–H groups in total. The third-order valence-corrected chi connectivity index (χ3v) is 2.21. The molecule has 1 atom stereocenters. The third kappa shape index (κ3) is 8.48. The fraction of sp³-hybridized carbons (Fsp3) is 1.00. The van der Waals surface area contributed by atoms with Crippen LogP contribution in [-0.4, -0.2) is 51.8 Å². The van der Waals surface area contributed by atoms with E-state index < -0.39 is 0 Å². The largest absolute Gasteiger partial charge is 0.382 e. The van der Waals surface area contributed by atoms with E-state index in [1.165, 1.54) is 0 Å². The Labute approximate surface area is 88.8 Å². The Hall–Kier alpha value is -0.120. The van der Waals surface area contributed by atoms with Crippen molar-refractivity contribution in [1.29, 1.82) is 0 Å². The Balaban J connectivity index is 3.30. The number of ether oxygens (including phenoxy) is 1. The van der Waals surface area contributed by atoms with Gasteiger partial charge in [-0.25, -0.2) is 0 Å². The van der Waals surface area contributed by atoms with Gasteiger partial charge in [-0.05, 0) is 39.9 Å². The Bertz CT molecular complexity index is 120. The maximum absolute atomic E-state index is 5.30. The van der Waals surface area contributed by atoms with Crippen LogP contribution in [0.4, 0.5) is 0 Å². The molecule has 14 heavy (non-hydrogen) atoms. The molecule has 0 aliphatic carbocycles. The van der Waals surface area contributed by atoms with Gasteiger partial charge in [0.1, 0.15) is 0 Å². The average Bonchev–Trinajstić information content (AvgIpc) is 2.13. The molecule has 0 aliphatic heterocycles. The second-order valence-corrected chi connectivity index (χ2v) is 3.98. The quantitative estimate of drug-likeness (QED) is 0.569. The van der Waals surface area contributed by atoms with Crippen molar-refractivity contribution in [2.45, 2.75) is 20.3 Å². The number of hydrogen-bond acceptors (Lipinski definition) is 3. The summed E-state index contributed by atoms with van der Waals surface area (Å²) < 4.78 is 5.30. The average molecular weight is 202 g/mol. The van der Waals surface area contributed by atoms with Gasteiger partial charge in [-0.1, -0.05) is 6.92 Å². The minimum Gasteiger partial charge on any atom is -0.382 e. The van der Waals surface area contributed by atoms with E-state index in [1.54, 1.807) is 0 Å². The highest BCUT2D eigenvalue weighted by Crippen LogP contribution is 1.97. The molecule has 0 aromatic heterocycles. The van der Waals surface area contributed by atoms with Crippen LogP contribution < -0.4 is 5.32 Å². The predicted octanol–water partition coefficient (Wildman–Crippen LogP) is 1.20. The lowest BCUT2D eigenvalue weighted by Gasteiger charge is -2.20. The van der Waals surface area contributed by atoms with Crippen molar-refractivity contribution >= 4 is 0 Å². The molecule has 0 spiro atoms. The molecular weight excluding hydrogens is 176 g/mol. The lowest BCUT2D eigenvalue weighted by Crippen LogP contribution is -2.30. The van der Waals surface area contributed by atoms with E-state index in [9.17, 15) is 0 Å². The topological polar surface area (TPSA) is 24.5 Å². The Kier molecular flexibility index (Phi) is 9.35. The van der Waals surface area contributed by atoms with E-state index in [0.29, 0.717) is 0 Å². The summed E-state index contributed by atoms with van der Waals surface area (Å²) in [4.78, 5) is 2.38. The summed E-state index contributed by atoms with van der Waals surface area (Å²) in [6.07, 6.45) is 1.14. The van der Waals surface area contributed by atoms with E-state index in [4.69, 9.17) is 4.74 Å². The summed E-state index contributed by atoms with van der Waals surface area (Å²) in [5.74, 6) is 0.720. The molecule has 0 saturated heterocycles. The van der Waals surface area contributed by atoms with Crippen molar-refractivity contribution < 1.29 is 4.74 Å². The summed E-state index contributed by atoms with van der Waals surface area (Å²) in [5.41, 5.74) is 0. The smallest absolute Gasteiger partial charge is 0.0478 e. The fourth-order valence-corrected chi connectivity index (χ4v) is 1.62. The van der Waals surface area contributed by atoms with Gasteiger partial charge in [-0.2, -0.15) is 0 Å². The van der Waals surface area contributed by atoms with Crippen molar-refractivity contribution in [2.24, 2.45) is 5.92 Å². The van der Waals surface area contributed by atoms with Crippen LogP contribution in [0.15, 0.2) is 0 Å². The second-order valence-electron chi connectivity index (χ2n) is 3.98. The zero-order valence-corrected chi connectivity index (χ0v) is 10.2. The van der Waals surface area contributed by atoms with E-state index in [2.05, 4.69) is 24.2 Å². The Morgan fingerprint density at radius 2 is 2.14 bits per heavy atom. The molecule has 0 fully saturated rings. The minimum atomic E-state index is 0.720. The molecule has 0 saturated carbocycles. The van der Waals surface area contributed by atoms with Crippen LogP contribution in [0, 0.1) is 5.92 Å². The van der Waals surface area contributed by atoms with Crippen molar-refractivity contribution in [3.63, 3.8) is 0 Å². The highest BCUT2D eigenvalue weighted by atomic mass is 16.5. The third-order valence-electron chi connectivity index (χ3n) is 2.21. The van der Waals surface area contributed by atoms with Gasteiger partial charge in [-0.15, -0.1) is 0 Å². The van der Waals surface area contributed by atoms with Crippen LogP contribution in [0.1, 0.15) is 20.3 Å². The summed E-state index contributed by atoms with van der Waals surface area (Å²) in [6, 6.07) is 0. The Morgan fingerprint density at radius 3 is 2.71 bits per heavy atom. The van der Waals surface area contributed by atoms with Gasteiger partial charge in [0.05, 0.1) is 0 Å². The van der Waals surface area contributed by atoms with Crippen molar-refractivity contribution in [3.8, 4) is 0 Å². The van der Waals surface area contributed by atoms with Crippen LogP contribution in [0.3, 0.4) is 0 Å². The lowest BCUT2D eigenvalue weighted by atomic mass is 10.1. The highest BCUT2D eigenvalue weighted by molar-refractivity contribution is 4.60. The normalized spacial score (nSPS) is 13.5. The summed E-state index contributed by atoms with van der Waals surface area (Å²) in [6.45, 7) is 9.42. The fourth-order valence-electron chi connectivity index (χ4n) is 1.62. The Morgan fingerprint density at radius 1 is 1.43 bits per heavy atom. The molecule has 0 amide bonds. The summed E-state index contributed by atoms with van der Waals surface area (Å²) in [5, 5.41) is 3.20. The minimum absolute atomic E-state index is 0.720. The summed E-state index contributed by atoms with van der Waals surface area (Å²) in [7, 11) is 4.18.